The van der Waals surface area contributed by atoms with Crippen LogP contribution in [-0.2, 0) is 6.42 Å². The molecule has 0 radical (unpaired) electrons. The largest absolute Gasteiger partial charge is 0.388 e. The van der Waals surface area contributed by atoms with E-state index < -0.39 is 0 Å². The summed E-state index contributed by atoms with van der Waals surface area (Å²) in [7, 11) is 0. The molecule has 2 rings (SSSR count). The zero-order chi connectivity index (χ0) is 13.3. The Morgan fingerprint density at radius 2 is 2.11 bits per heavy atom. The molecule has 0 saturated heterocycles. The van der Waals surface area contributed by atoms with E-state index in [1.54, 1.807) is 6.20 Å². The zero-order valence-corrected chi connectivity index (χ0v) is 11.6. The van der Waals surface area contributed by atoms with Crippen LogP contribution < -0.4 is 5.73 Å². The molecule has 0 unspecified atom stereocenters. The van der Waals surface area contributed by atoms with Crippen molar-refractivity contribution in [2.24, 2.45) is 5.73 Å². The quantitative estimate of drug-likeness (QED) is 0.858. The van der Waals surface area contributed by atoms with Gasteiger partial charge in [0.25, 0.3) is 0 Å². The van der Waals surface area contributed by atoms with Crippen molar-refractivity contribution < 1.29 is 0 Å². The Hall–Kier alpha value is -1.75. The Kier molecular flexibility index (Phi) is 3.43. The Morgan fingerprint density at radius 1 is 1.39 bits per heavy atom. The minimum Gasteiger partial charge on any atom is -0.388 e. The summed E-state index contributed by atoms with van der Waals surface area (Å²) >= 11 is 4.88. The Balaban J connectivity index is 2.46. The number of thiocarbonyl (C=S) groups is 1. The van der Waals surface area contributed by atoms with Crippen LogP contribution in [0.3, 0.4) is 0 Å². The van der Waals surface area contributed by atoms with Gasteiger partial charge in [-0.25, -0.2) is 4.68 Å². The summed E-state index contributed by atoms with van der Waals surface area (Å²) in [4.78, 5) is 4.54. The van der Waals surface area contributed by atoms with Gasteiger partial charge in [-0.1, -0.05) is 19.1 Å². The lowest BCUT2D eigenvalue weighted by molar-refractivity contribution is 0.827. The maximum Gasteiger partial charge on any atom is 0.122 e. The molecule has 2 heterocycles. The van der Waals surface area contributed by atoms with E-state index in [2.05, 4.69) is 23.9 Å². The molecule has 18 heavy (non-hydrogen) atoms. The molecule has 0 aromatic carbocycles. The summed E-state index contributed by atoms with van der Waals surface area (Å²) in [5, 5.41) is 4.54. The summed E-state index contributed by atoms with van der Waals surface area (Å²) in [5.41, 5.74) is 10.6. The number of aromatic nitrogens is 3. The first-order valence-electron chi connectivity index (χ1n) is 5.86. The molecule has 2 aromatic heterocycles. The van der Waals surface area contributed by atoms with E-state index in [0.717, 1.165) is 23.5 Å². The highest BCUT2D eigenvalue weighted by Crippen LogP contribution is 2.17. The smallest absolute Gasteiger partial charge is 0.122 e. The average molecular weight is 260 g/mol. The van der Waals surface area contributed by atoms with Crippen molar-refractivity contribution in [1.82, 2.24) is 14.8 Å². The van der Waals surface area contributed by atoms with Gasteiger partial charge in [-0.15, -0.1) is 0 Å². The van der Waals surface area contributed by atoms with Crippen molar-refractivity contribution in [1.29, 1.82) is 0 Å². The molecule has 0 aliphatic carbocycles. The third-order valence-electron chi connectivity index (χ3n) is 3.04. The number of pyridine rings is 1. The SMILES string of the molecule is CCc1c(C)nn(-c2ccc(C(N)=S)nc2)c1C. The van der Waals surface area contributed by atoms with Gasteiger partial charge in [0.05, 0.1) is 23.3 Å². The second-order valence-electron chi connectivity index (χ2n) is 4.18. The van der Waals surface area contributed by atoms with Gasteiger partial charge in [0.1, 0.15) is 4.99 Å². The number of hydrogen-bond acceptors (Lipinski definition) is 3. The van der Waals surface area contributed by atoms with E-state index in [1.807, 2.05) is 23.7 Å². The first-order chi connectivity index (χ1) is 8.54. The molecule has 2 aromatic rings. The fraction of sp³-hybridized carbons (Fsp3) is 0.308. The number of nitrogens with zero attached hydrogens (tertiary/aromatic N) is 3. The topological polar surface area (TPSA) is 56.7 Å². The second kappa shape index (κ2) is 4.86. The Morgan fingerprint density at radius 3 is 2.56 bits per heavy atom. The van der Waals surface area contributed by atoms with Crippen LogP contribution in [0, 0.1) is 13.8 Å². The summed E-state index contributed by atoms with van der Waals surface area (Å²) < 4.78 is 1.91. The van der Waals surface area contributed by atoms with Crippen LogP contribution in [0.1, 0.15) is 29.6 Å². The molecule has 0 spiro atoms. The van der Waals surface area contributed by atoms with E-state index in [9.17, 15) is 0 Å². The van der Waals surface area contributed by atoms with E-state index in [0.29, 0.717) is 10.7 Å². The monoisotopic (exact) mass is 260 g/mol. The molecular formula is C13H16N4S. The average Bonchev–Trinajstić information content (AvgIpc) is 2.64. The standard InChI is InChI=1S/C13H16N4S/c1-4-11-8(2)16-17(9(11)3)10-5-6-12(13(14)18)15-7-10/h5-7H,4H2,1-3H3,(H2,14,18). The van der Waals surface area contributed by atoms with E-state index >= 15 is 0 Å². The van der Waals surface area contributed by atoms with Gasteiger partial charge in [0.15, 0.2) is 0 Å². The van der Waals surface area contributed by atoms with Crippen LogP contribution in [0.25, 0.3) is 5.69 Å². The van der Waals surface area contributed by atoms with Gasteiger partial charge < -0.3 is 5.73 Å². The second-order valence-corrected chi connectivity index (χ2v) is 4.62. The predicted octanol–water partition coefficient (Wildman–Crippen LogP) is 2.08. The minimum absolute atomic E-state index is 0.309. The van der Waals surface area contributed by atoms with Crippen LogP contribution in [0.15, 0.2) is 18.3 Å². The van der Waals surface area contributed by atoms with Crippen molar-refractivity contribution in [2.45, 2.75) is 27.2 Å². The highest BCUT2D eigenvalue weighted by atomic mass is 32.1. The number of rotatable bonds is 3. The Labute approximate surface area is 112 Å². The molecule has 0 fully saturated rings. The maximum absolute atomic E-state index is 5.53. The predicted molar refractivity (Wildman–Crippen MR) is 76.1 cm³/mol. The molecule has 0 saturated carbocycles. The summed E-state index contributed by atoms with van der Waals surface area (Å²) in [6.07, 6.45) is 2.73. The van der Waals surface area contributed by atoms with Crippen molar-refractivity contribution >= 4 is 17.2 Å². The third kappa shape index (κ3) is 2.13. The number of nitrogens with two attached hydrogens (primary N) is 1. The lowest BCUT2D eigenvalue weighted by atomic mass is 10.1. The molecule has 0 amide bonds. The van der Waals surface area contributed by atoms with Crippen LogP contribution in [0.4, 0.5) is 0 Å². The van der Waals surface area contributed by atoms with Gasteiger partial charge >= 0.3 is 0 Å². The molecule has 2 N–H and O–H groups in total. The normalized spacial score (nSPS) is 10.6. The fourth-order valence-corrected chi connectivity index (χ4v) is 2.22. The molecule has 0 atom stereocenters. The van der Waals surface area contributed by atoms with Gasteiger partial charge in [0.2, 0.25) is 0 Å². The molecule has 4 nitrogen and oxygen atoms in total. The van der Waals surface area contributed by atoms with E-state index in [1.165, 1.54) is 5.56 Å². The van der Waals surface area contributed by atoms with Crippen molar-refractivity contribution in [3.63, 3.8) is 0 Å². The molecule has 94 valence electrons. The molecule has 0 aliphatic rings. The fourth-order valence-electron chi connectivity index (χ4n) is 2.10. The summed E-state index contributed by atoms with van der Waals surface area (Å²) in [6.45, 7) is 6.23. The third-order valence-corrected chi connectivity index (χ3v) is 3.25. The minimum atomic E-state index is 0.309. The Bertz CT molecular complexity index is 584. The molecule has 0 aliphatic heterocycles. The van der Waals surface area contributed by atoms with Gasteiger partial charge in [-0.05, 0) is 38.0 Å². The van der Waals surface area contributed by atoms with Gasteiger partial charge in [-0.3, -0.25) is 4.98 Å². The van der Waals surface area contributed by atoms with Gasteiger partial charge in [-0.2, -0.15) is 5.10 Å². The summed E-state index contributed by atoms with van der Waals surface area (Å²) in [5.74, 6) is 0. The maximum atomic E-state index is 5.53. The highest BCUT2D eigenvalue weighted by Gasteiger charge is 2.11. The number of aryl methyl sites for hydroxylation is 1. The first-order valence-corrected chi connectivity index (χ1v) is 6.26. The van der Waals surface area contributed by atoms with Gasteiger partial charge in [0, 0.05) is 5.69 Å². The lowest BCUT2D eigenvalue weighted by Gasteiger charge is -2.05. The van der Waals surface area contributed by atoms with E-state index in [4.69, 9.17) is 18.0 Å². The molecule has 0 bridgehead atoms. The van der Waals surface area contributed by atoms with Crippen molar-refractivity contribution in [3.8, 4) is 5.69 Å². The van der Waals surface area contributed by atoms with Crippen LogP contribution in [0.5, 0.6) is 0 Å². The van der Waals surface area contributed by atoms with Crippen LogP contribution in [0.2, 0.25) is 0 Å². The number of hydrogen-bond donors (Lipinski definition) is 1. The summed E-state index contributed by atoms with van der Waals surface area (Å²) in [6, 6.07) is 3.75. The molecule has 5 heteroatoms. The lowest BCUT2D eigenvalue weighted by Crippen LogP contribution is -2.11. The first kappa shape index (κ1) is 12.7. The molecular weight excluding hydrogens is 244 g/mol. The van der Waals surface area contributed by atoms with Crippen LogP contribution in [-0.4, -0.2) is 19.8 Å². The van der Waals surface area contributed by atoms with Crippen molar-refractivity contribution in [2.75, 3.05) is 0 Å². The highest BCUT2D eigenvalue weighted by molar-refractivity contribution is 7.80. The van der Waals surface area contributed by atoms with Crippen LogP contribution >= 0.6 is 12.2 Å². The van der Waals surface area contributed by atoms with Crippen molar-refractivity contribution in [3.05, 3.63) is 41.0 Å². The van der Waals surface area contributed by atoms with E-state index in [-0.39, 0.29) is 0 Å². The zero-order valence-electron chi connectivity index (χ0n) is 10.8.